The third kappa shape index (κ3) is 2.18. The Bertz CT molecular complexity index is 665. The minimum absolute atomic E-state index is 0.0820. The van der Waals surface area contributed by atoms with Crippen LogP contribution in [0.25, 0.3) is 0 Å². The van der Waals surface area contributed by atoms with Crippen molar-refractivity contribution in [1.82, 2.24) is 5.32 Å². The first-order chi connectivity index (χ1) is 12.4. The fourth-order valence-electron chi connectivity index (χ4n) is 7.78. The molecule has 0 aromatic carbocycles. The van der Waals surface area contributed by atoms with Crippen molar-refractivity contribution in [3.63, 3.8) is 0 Å². The summed E-state index contributed by atoms with van der Waals surface area (Å²) in [5.74, 6) is 3.51. The molecule has 0 spiro atoms. The highest BCUT2D eigenvalue weighted by Gasteiger charge is 2.61. The Morgan fingerprint density at radius 3 is 2.58 bits per heavy atom. The zero-order chi connectivity index (χ0) is 18.1. The number of carbonyl (C=O) groups is 2. The minimum atomic E-state index is 0.0820. The fourth-order valence-corrected chi connectivity index (χ4v) is 7.78. The van der Waals surface area contributed by atoms with Crippen molar-refractivity contribution in [3.05, 3.63) is 12.2 Å². The number of hydrogen-bond donors (Lipinski definition) is 1. The van der Waals surface area contributed by atoms with Gasteiger partial charge in [-0.25, -0.2) is 0 Å². The molecular formula is C23H33NO2. The number of rotatable bonds is 2. The predicted molar refractivity (Wildman–Crippen MR) is 101 cm³/mol. The van der Waals surface area contributed by atoms with Gasteiger partial charge in [0.25, 0.3) is 0 Å². The standard InChI is InChI=1S/C23H33NO2/c1-22-12-10-17-15(6-9-19-23(17,2)13-11-20(25)24-19)16(22)7-8-18(22)21(26)14-4-3-5-14/h11,13-19H,3-10,12H2,1-2H3,(H,24,25)/t15-,16-,17-,18+,19+,22-,23+/m0/s1. The van der Waals surface area contributed by atoms with Crippen LogP contribution in [0, 0.1) is 40.4 Å². The van der Waals surface area contributed by atoms with Gasteiger partial charge in [-0.05, 0) is 80.6 Å². The lowest BCUT2D eigenvalue weighted by Crippen LogP contribution is -2.59. The third-order valence-electron chi connectivity index (χ3n) is 9.54. The largest absolute Gasteiger partial charge is 0.349 e. The number of carbonyl (C=O) groups excluding carboxylic acids is 2. The molecule has 0 radical (unpaired) electrons. The molecule has 1 amide bonds. The Kier molecular flexibility index (Phi) is 3.72. The van der Waals surface area contributed by atoms with Crippen molar-refractivity contribution in [2.24, 2.45) is 40.4 Å². The van der Waals surface area contributed by atoms with Gasteiger partial charge in [-0.2, -0.15) is 0 Å². The zero-order valence-corrected chi connectivity index (χ0v) is 16.3. The van der Waals surface area contributed by atoms with Gasteiger partial charge in [0, 0.05) is 23.3 Å². The van der Waals surface area contributed by atoms with E-state index in [-0.39, 0.29) is 16.7 Å². The second kappa shape index (κ2) is 5.69. The summed E-state index contributed by atoms with van der Waals surface area (Å²) in [7, 11) is 0. The molecule has 4 fully saturated rings. The molecule has 4 aliphatic carbocycles. The number of fused-ring (bicyclic) bond motifs is 5. The molecule has 3 heteroatoms. The van der Waals surface area contributed by atoms with E-state index in [2.05, 4.69) is 25.2 Å². The van der Waals surface area contributed by atoms with E-state index in [0.717, 1.165) is 31.6 Å². The Balaban J connectivity index is 1.42. The predicted octanol–water partition coefficient (Wildman–Crippen LogP) is 4.27. The van der Waals surface area contributed by atoms with Gasteiger partial charge in [0.15, 0.2) is 0 Å². The van der Waals surface area contributed by atoms with Crippen molar-refractivity contribution in [2.45, 2.75) is 77.7 Å². The highest BCUT2D eigenvalue weighted by molar-refractivity contribution is 5.89. The zero-order valence-electron chi connectivity index (χ0n) is 16.3. The number of Topliss-reactive ketones (excluding diaryl/α,β-unsaturated/α-hetero) is 1. The lowest BCUT2D eigenvalue weighted by molar-refractivity contribution is -0.137. The molecule has 0 bridgehead atoms. The van der Waals surface area contributed by atoms with E-state index in [1.165, 1.54) is 32.1 Å². The van der Waals surface area contributed by atoms with Gasteiger partial charge < -0.3 is 5.32 Å². The van der Waals surface area contributed by atoms with Crippen LogP contribution < -0.4 is 5.32 Å². The summed E-state index contributed by atoms with van der Waals surface area (Å²) in [6.07, 6.45) is 14.7. The molecule has 142 valence electrons. The van der Waals surface area contributed by atoms with Crippen LogP contribution in [0.2, 0.25) is 0 Å². The van der Waals surface area contributed by atoms with Gasteiger partial charge in [-0.1, -0.05) is 26.3 Å². The first kappa shape index (κ1) is 17.0. The van der Waals surface area contributed by atoms with Gasteiger partial charge in [0.1, 0.15) is 5.78 Å². The highest BCUT2D eigenvalue weighted by atomic mass is 16.1. The van der Waals surface area contributed by atoms with E-state index in [1.54, 1.807) is 6.08 Å². The van der Waals surface area contributed by atoms with Gasteiger partial charge in [-0.3, -0.25) is 9.59 Å². The second-order valence-corrected chi connectivity index (χ2v) is 10.4. The Morgan fingerprint density at radius 1 is 1.04 bits per heavy atom. The first-order valence-corrected chi connectivity index (χ1v) is 11.0. The molecule has 1 N–H and O–H groups in total. The van der Waals surface area contributed by atoms with Crippen LogP contribution >= 0.6 is 0 Å². The topological polar surface area (TPSA) is 46.2 Å². The fraction of sp³-hybridized carbons (Fsp3) is 0.826. The number of nitrogens with one attached hydrogen (secondary N) is 1. The van der Waals surface area contributed by atoms with Crippen LogP contribution in [-0.2, 0) is 9.59 Å². The van der Waals surface area contributed by atoms with Crippen molar-refractivity contribution in [1.29, 1.82) is 0 Å². The molecule has 0 aromatic rings. The smallest absolute Gasteiger partial charge is 0.243 e. The van der Waals surface area contributed by atoms with Gasteiger partial charge >= 0.3 is 0 Å². The molecule has 1 aliphatic heterocycles. The average Bonchev–Trinajstić information content (AvgIpc) is 2.91. The average molecular weight is 356 g/mol. The molecule has 26 heavy (non-hydrogen) atoms. The molecule has 3 nitrogen and oxygen atoms in total. The maximum Gasteiger partial charge on any atom is 0.243 e. The minimum Gasteiger partial charge on any atom is -0.349 e. The van der Waals surface area contributed by atoms with Gasteiger partial charge in [0.2, 0.25) is 5.91 Å². The summed E-state index contributed by atoms with van der Waals surface area (Å²) in [5.41, 5.74) is 0.340. The summed E-state index contributed by atoms with van der Waals surface area (Å²) >= 11 is 0. The molecule has 0 saturated heterocycles. The van der Waals surface area contributed by atoms with Gasteiger partial charge in [0.05, 0.1) is 0 Å². The second-order valence-electron chi connectivity index (χ2n) is 10.4. The lowest BCUT2D eigenvalue weighted by Gasteiger charge is -2.59. The van der Waals surface area contributed by atoms with Crippen LogP contribution in [0.15, 0.2) is 12.2 Å². The van der Waals surface area contributed by atoms with E-state index in [0.29, 0.717) is 35.5 Å². The Hall–Kier alpha value is -1.12. The summed E-state index contributed by atoms with van der Waals surface area (Å²) < 4.78 is 0. The molecule has 5 aliphatic rings. The van der Waals surface area contributed by atoms with Crippen LogP contribution in [0.3, 0.4) is 0 Å². The summed E-state index contributed by atoms with van der Waals surface area (Å²) in [6.45, 7) is 4.83. The Labute approximate surface area is 157 Å². The van der Waals surface area contributed by atoms with Crippen LogP contribution in [-0.4, -0.2) is 17.7 Å². The molecule has 5 rings (SSSR count). The third-order valence-corrected chi connectivity index (χ3v) is 9.54. The lowest BCUT2D eigenvalue weighted by atomic mass is 9.47. The van der Waals surface area contributed by atoms with E-state index < -0.39 is 0 Å². The molecule has 0 aromatic heterocycles. The van der Waals surface area contributed by atoms with Gasteiger partial charge in [-0.15, -0.1) is 0 Å². The summed E-state index contributed by atoms with van der Waals surface area (Å²) in [5, 5.41) is 3.24. The van der Waals surface area contributed by atoms with E-state index >= 15 is 0 Å². The molecule has 1 heterocycles. The summed E-state index contributed by atoms with van der Waals surface area (Å²) in [4.78, 5) is 25.0. The Morgan fingerprint density at radius 2 is 1.85 bits per heavy atom. The van der Waals surface area contributed by atoms with Crippen molar-refractivity contribution < 1.29 is 9.59 Å². The monoisotopic (exact) mass is 355 g/mol. The molecule has 0 unspecified atom stereocenters. The number of amides is 1. The van der Waals surface area contributed by atoms with Crippen LogP contribution in [0.5, 0.6) is 0 Å². The normalized spacial score (nSPS) is 50.2. The quantitative estimate of drug-likeness (QED) is 0.804. The SMILES string of the molecule is C[C@]12C=CC(=O)N[C@@H]1CC[C@@H]1[C@@H]2CC[C@]2(C)[C@@H](C(=O)C3CCC3)CC[C@@H]12. The number of hydrogen-bond acceptors (Lipinski definition) is 2. The maximum absolute atomic E-state index is 13.1. The number of ketones is 1. The molecule has 4 saturated carbocycles. The van der Waals surface area contributed by atoms with Crippen molar-refractivity contribution >= 4 is 11.7 Å². The maximum atomic E-state index is 13.1. The van der Waals surface area contributed by atoms with Crippen molar-refractivity contribution in [3.8, 4) is 0 Å². The van der Waals surface area contributed by atoms with Crippen molar-refractivity contribution in [2.75, 3.05) is 0 Å². The van der Waals surface area contributed by atoms with Crippen LogP contribution in [0.1, 0.15) is 71.6 Å². The molecular weight excluding hydrogens is 322 g/mol. The van der Waals surface area contributed by atoms with Crippen LogP contribution in [0.4, 0.5) is 0 Å². The van der Waals surface area contributed by atoms with E-state index in [4.69, 9.17) is 0 Å². The van der Waals surface area contributed by atoms with E-state index in [9.17, 15) is 9.59 Å². The highest BCUT2D eigenvalue weighted by Crippen LogP contribution is 2.65. The molecule has 7 atom stereocenters. The summed E-state index contributed by atoms with van der Waals surface area (Å²) in [6, 6.07) is 0.305. The first-order valence-electron chi connectivity index (χ1n) is 11.0. The van der Waals surface area contributed by atoms with E-state index in [1.807, 2.05) is 0 Å².